The van der Waals surface area contributed by atoms with Crippen molar-refractivity contribution in [2.75, 3.05) is 5.32 Å². The molecule has 3 heteroatoms. The van der Waals surface area contributed by atoms with Crippen molar-refractivity contribution in [3.63, 3.8) is 0 Å². The average Bonchev–Trinajstić information content (AvgIpc) is 2.82. The van der Waals surface area contributed by atoms with Gasteiger partial charge in [-0.15, -0.1) is 0 Å². The highest BCUT2D eigenvalue weighted by Crippen LogP contribution is 2.38. The van der Waals surface area contributed by atoms with Gasteiger partial charge in [0.2, 0.25) is 5.91 Å². The van der Waals surface area contributed by atoms with Gasteiger partial charge >= 0.3 is 0 Å². The Bertz CT molecular complexity index is 450. The molecule has 0 aliphatic heterocycles. The van der Waals surface area contributed by atoms with Gasteiger partial charge in [0, 0.05) is 5.69 Å². The molecule has 1 aromatic carbocycles. The van der Waals surface area contributed by atoms with Crippen molar-refractivity contribution in [1.82, 2.24) is 0 Å². The van der Waals surface area contributed by atoms with Gasteiger partial charge in [0.1, 0.15) is 5.41 Å². The number of nitrogens with zero attached hydrogens (tertiary/aromatic N) is 1. The van der Waals surface area contributed by atoms with Gasteiger partial charge in [-0.3, -0.25) is 4.79 Å². The van der Waals surface area contributed by atoms with Crippen LogP contribution in [0, 0.1) is 23.7 Å². The maximum atomic E-state index is 12.1. The molecule has 0 heterocycles. The van der Waals surface area contributed by atoms with Crippen LogP contribution in [0.15, 0.2) is 24.3 Å². The van der Waals surface area contributed by atoms with E-state index in [2.05, 4.69) is 11.4 Å². The largest absolute Gasteiger partial charge is 0.325 e. The van der Waals surface area contributed by atoms with Crippen LogP contribution in [0.5, 0.6) is 0 Å². The van der Waals surface area contributed by atoms with E-state index in [1.807, 2.05) is 31.2 Å². The number of carbonyl (C=O) groups is 1. The van der Waals surface area contributed by atoms with Crippen LogP contribution in [0.25, 0.3) is 0 Å². The molecule has 0 aromatic heterocycles. The molecule has 0 unspecified atom stereocenters. The smallest absolute Gasteiger partial charge is 0.244 e. The molecule has 1 fully saturated rings. The summed E-state index contributed by atoms with van der Waals surface area (Å²) >= 11 is 0. The molecule has 1 aromatic rings. The van der Waals surface area contributed by atoms with E-state index < -0.39 is 5.41 Å². The molecule has 0 atom stereocenters. The summed E-state index contributed by atoms with van der Waals surface area (Å²) in [4.78, 5) is 12.1. The van der Waals surface area contributed by atoms with Crippen LogP contribution in [0.2, 0.25) is 0 Å². The van der Waals surface area contributed by atoms with E-state index in [0.29, 0.717) is 12.8 Å². The normalized spacial score (nSPS) is 17.4. The second-order valence-electron chi connectivity index (χ2n) is 4.72. The third kappa shape index (κ3) is 2.31. The molecule has 1 aliphatic carbocycles. The Morgan fingerprint density at radius 3 is 2.41 bits per heavy atom. The van der Waals surface area contributed by atoms with Crippen molar-refractivity contribution >= 4 is 11.6 Å². The number of nitriles is 1. The second kappa shape index (κ2) is 4.58. The second-order valence-corrected chi connectivity index (χ2v) is 4.72. The van der Waals surface area contributed by atoms with Crippen molar-refractivity contribution < 1.29 is 4.79 Å². The van der Waals surface area contributed by atoms with Crippen LogP contribution in [0.4, 0.5) is 5.69 Å². The van der Waals surface area contributed by atoms with E-state index in [9.17, 15) is 10.1 Å². The zero-order valence-electron chi connectivity index (χ0n) is 9.99. The Kier molecular flexibility index (Phi) is 3.14. The summed E-state index contributed by atoms with van der Waals surface area (Å²) in [5.74, 6) is -0.152. The summed E-state index contributed by atoms with van der Waals surface area (Å²) in [7, 11) is 0. The number of rotatable bonds is 2. The fraction of sp³-hybridized carbons (Fsp3) is 0.429. The first kappa shape index (κ1) is 11.7. The zero-order chi connectivity index (χ0) is 12.3. The number of nitrogens with one attached hydrogen (secondary N) is 1. The van der Waals surface area contributed by atoms with Gasteiger partial charge in [-0.05, 0) is 31.9 Å². The number of benzene rings is 1. The predicted octanol–water partition coefficient (Wildman–Crippen LogP) is 3.02. The van der Waals surface area contributed by atoms with Gasteiger partial charge in [0.05, 0.1) is 6.07 Å². The standard InChI is InChI=1S/C14H16N2O/c1-11-4-6-12(7-5-11)16-13(17)14(10-15)8-2-3-9-14/h4-7H,2-3,8-9H2,1H3,(H,16,17). The highest BCUT2D eigenvalue weighted by atomic mass is 16.2. The lowest BCUT2D eigenvalue weighted by molar-refractivity contribution is -0.122. The van der Waals surface area contributed by atoms with Gasteiger partial charge in [0.15, 0.2) is 0 Å². The molecule has 1 aliphatic rings. The molecule has 1 N–H and O–H groups in total. The van der Waals surface area contributed by atoms with E-state index in [1.54, 1.807) is 0 Å². The van der Waals surface area contributed by atoms with Crippen molar-refractivity contribution in [3.8, 4) is 6.07 Å². The molecule has 0 radical (unpaired) electrons. The van der Waals surface area contributed by atoms with Gasteiger partial charge in [0.25, 0.3) is 0 Å². The van der Waals surface area contributed by atoms with Crippen LogP contribution in [0.3, 0.4) is 0 Å². The molecule has 1 saturated carbocycles. The SMILES string of the molecule is Cc1ccc(NC(=O)C2(C#N)CCCC2)cc1. The van der Waals surface area contributed by atoms with Crippen molar-refractivity contribution in [3.05, 3.63) is 29.8 Å². The minimum atomic E-state index is -0.801. The molecule has 0 bridgehead atoms. The highest BCUT2D eigenvalue weighted by Gasteiger charge is 2.41. The predicted molar refractivity (Wildman–Crippen MR) is 66.3 cm³/mol. The molecule has 88 valence electrons. The molecule has 0 saturated heterocycles. The van der Waals surface area contributed by atoms with Crippen molar-refractivity contribution in [1.29, 1.82) is 5.26 Å². The Morgan fingerprint density at radius 1 is 1.29 bits per heavy atom. The Hall–Kier alpha value is -1.82. The fourth-order valence-electron chi connectivity index (χ4n) is 2.26. The molecular weight excluding hydrogens is 212 g/mol. The fourth-order valence-corrected chi connectivity index (χ4v) is 2.26. The highest BCUT2D eigenvalue weighted by molar-refractivity contribution is 5.97. The summed E-state index contributed by atoms with van der Waals surface area (Å²) in [6.45, 7) is 2.00. The topological polar surface area (TPSA) is 52.9 Å². The van der Waals surface area contributed by atoms with Gasteiger partial charge in [-0.2, -0.15) is 5.26 Å². The first-order valence-electron chi connectivity index (χ1n) is 5.96. The number of anilines is 1. The van der Waals surface area contributed by atoms with Gasteiger partial charge in [-0.25, -0.2) is 0 Å². The molecule has 1 amide bonds. The first-order valence-corrected chi connectivity index (χ1v) is 5.96. The van der Waals surface area contributed by atoms with E-state index in [4.69, 9.17) is 0 Å². The monoisotopic (exact) mass is 228 g/mol. The summed E-state index contributed by atoms with van der Waals surface area (Å²) in [6, 6.07) is 9.83. The van der Waals surface area contributed by atoms with E-state index in [-0.39, 0.29) is 5.91 Å². The minimum absolute atomic E-state index is 0.152. The third-order valence-corrected chi connectivity index (χ3v) is 3.42. The number of amides is 1. The van der Waals surface area contributed by atoms with Crippen LogP contribution >= 0.6 is 0 Å². The number of carbonyl (C=O) groups excluding carboxylic acids is 1. The van der Waals surface area contributed by atoms with Crippen LogP contribution in [0.1, 0.15) is 31.2 Å². The number of hydrogen-bond donors (Lipinski definition) is 1. The van der Waals surface area contributed by atoms with Gasteiger partial charge < -0.3 is 5.32 Å². The summed E-state index contributed by atoms with van der Waals surface area (Å²) in [5, 5.41) is 12.0. The summed E-state index contributed by atoms with van der Waals surface area (Å²) < 4.78 is 0. The van der Waals surface area contributed by atoms with E-state index in [1.165, 1.54) is 0 Å². The number of aryl methyl sites for hydroxylation is 1. The summed E-state index contributed by atoms with van der Waals surface area (Å²) in [6.07, 6.45) is 3.30. The minimum Gasteiger partial charge on any atom is -0.325 e. The van der Waals surface area contributed by atoms with E-state index in [0.717, 1.165) is 24.1 Å². The van der Waals surface area contributed by atoms with Crippen molar-refractivity contribution in [2.24, 2.45) is 5.41 Å². The van der Waals surface area contributed by atoms with Crippen LogP contribution < -0.4 is 5.32 Å². The zero-order valence-corrected chi connectivity index (χ0v) is 9.99. The third-order valence-electron chi connectivity index (χ3n) is 3.42. The molecule has 0 spiro atoms. The maximum Gasteiger partial charge on any atom is 0.244 e. The van der Waals surface area contributed by atoms with Crippen LogP contribution in [-0.2, 0) is 4.79 Å². The lowest BCUT2D eigenvalue weighted by Crippen LogP contribution is -2.32. The molecule has 17 heavy (non-hydrogen) atoms. The Morgan fingerprint density at radius 2 is 1.88 bits per heavy atom. The molecular formula is C14H16N2O. The quantitative estimate of drug-likeness (QED) is 0.845. The Balaban J connectivity index is 2.11. The van der Waals surface area contributed by atoms with Crippen molar-refractivity contribution in [2.45, 2.75) is 32.6 Å². The molecule has 3 nitrogen and oxygen atoms in total. The number of hydrogen-bond acceptors (Lipinski definition) is 2. The first-order chi connectivity index (χ1) is 8.16. The maximum absolute atomic E-state index is 12.1. The lowest BCUT2D eigenvalue weighted by Gasteiger charge is -2.19. The van der Waals surface area contributed by atoms with E-state index >= 15 is 0 Å². The lowest BCUT2D eigenvalue weighted by atomic mass is 9.87. The van der Waals surface area contributed by atoms with Crippen LogP contribution in [-0.4, -0.2) is 5.91 Å². The summed E-state index contributed by atoms with van der Waals surface area (Å²) in [5.41, 5.74) is 1.12. The molecule has 2 rings (SSSR count). The average molecular weight is 228 g/mol. The Labute approximate surface area is 101 Å². The van der Waals surface area contributed by atoms with Gasteiger partial charge in [-0.1, -0.05) is 30.5 Å².